The number of halogens is 4. The summed E-state index contributed by atoms with van der Waals surface area (Å²) in [6.07, 6.45) is 0.254. The Bertz CT molecular complexity index is 1240. The summed E-state index contributed by atoms with van der Waals surface area (Å²) < 4.78 is 52.1. The molecule has 4 aromatic rings. The molecule has 0 saturated carbocycles. The molecule has 3 aromatic heterocycles. The minimum absolute atomic E-state index is 0.0198. The van der Waals surface area contributed by atoms with Crippen LogP contribution in [0.15, 0.2) is 55.0 Å². The largest absolute Gasteiger partial charge is 0.417 e. The lowest BCUT2D eigenvalue weighted by atomic mass is 9.99. The maximum Gasteiger partial charge on any atom is 0.417 e. The van der Waals surface area contributed by atoms with E-state index in [4.69, 9.17) is 0 Å². The summed E-state index contributed by atoms with van der Waals surface area (Å²) in [6, 6.07) is 10.2. The van der Waals surface area contributed by atoms with Gasteiger partial charge in [-0.1, -0.05) is 12.1 Å². The molecule has 0 atom stereocenters. The van der Waals surface area contributed by atoms with Crippen LogP contribution >= 0.6 is 0 Å². The van der Waals surface area contributed by atoms with Crippen molar-refractivity contribution in [3.63, 3.8) is 0 Å². The van der Waals surface area contributed by atoms with Crippen LogP contribution in [-0.2, 0) is 19.0 Å². The molecule has 0 aliphatic rings. The number of H-pyrrole nitrogens is 1. The molecule has 0 amide bonds. The number of aromatic amines is 1. The van der Waals surface area contributed by atoms with Crippen molar-refractivity contribution >= 4 is 0 Å². The molecule has 4 nitrogen and oxygen atoms in total. The molecule has 0 saturated heterocycles. The molecule has 0 aliphatic heterocycles. The highest BCUT2D eigenvalue weighted by Crippen LogP contribution is 2.30. The number of benzene rings is 1. The number of nitrogens with zero attached hydrogens (tertiary/aromatic N) is 3. The summed E-state index contributed by atoms with van der Waals surface area (Å²) in [5, 5.41) is 0. The summed E-state index contributed by atoms with van der Waals surface area (Å²) in [4.78, 5) is 15.7. The topological polar surface area (TPSA) is 54.5 Å². The molecule has 0 bridgehead atoms. The van der Waals surface area contributed by atoms with Crippen molar-refractivity contribution in [3.8, 4) is 22.6 Å². The van der Waals surface area contributed by atoms with Crippen molar-refractivity contribution < 1.29 is 17.6 Å². The third kappa shape index (κ3) is 4.69. The smallest absolute Gasteiger partial charge is 0.338 e. The maximum absolute atomic E-state index is 14.1. The van der Waals surface area contributed by atoms with E-state index in [9.17, 15) is 17.6 Å². The van der Waals surface area contributed by atoms with Gasteiger partial charge in [-0.15, -0.1) is 0 Å². The molecule has 4 rings (SSSR count). The molecule has 1 N–H and O–H groups in total. The van der Waals surface area contributed by atoms with Gasteiger partial charge >= 0.3 is 6.18 Å². The lowest BCUT2D eigenvalue weighted by Gasteiger charge is -2.10. The monoisotopic (exact) mass is 440 g/mol. The second kappa shape index (κ2) is 8.53. The molecule has 0 aliphatic carbocycles. The molecular weight excluding hydrogens is 420 g/mol. The van der Waals surface area contributed by atoms with Crippen LogP contribution in [0.2, 0.25) is 0 Å². The summed E-state index contributed by atoms with van der Waals surface area (Å²) >= 11 is 0. The molecule has 0 fully saturated rings. The van der Waals surface area contributed by atoms with Crippen molar-refractivity contribution in [2.24, 2.45) is 0 Å². The van der Waals surface area contributed by atoms with Crippen LogP contribution in [-0.4, -0.2) is 19.9 Å². The van der Waals surface area contributed by atoms with E-state index in [2.05, 4.69) is 19.9 Å². The third-order valence-electron chi connectivity index (χ3n) is 5.29. The average Bonchev–Trinajstić information content (AvgIpc) is 3.23. The number of nitrogens with one attached hydrogen (secondary N) is 1. The van der Waals surface area contributed by atoms with Gasteiger partial charge in [0.1, 0.15) is 11.6 Å². The number of aromatic nitrogens is 4. The van der Waals surface area contributed by atoms with E-state index in [0.717, 1.165) is 39.5 Å². The second-order valence-corrected chi connectivity index (χ2v) is 7.63. The van der Waals surface area contributed by atoms with Crippen molar-refractivity contribution in [3.05, 3.63) is 88.9 Å². The van der Waals surface area contributed by atoms with Crippen molar-refractivity contribution in [1.29, 1.82) is 0 Å². The zero-order valence-electron chi connectivity index (χ0n) is 17.5. The first-order chi connectivity index (χ1) is 15.2. The summed E-state index contributed by atoms with van der Waals surface area (Å²) in [6.45, 7) is 3.86. The zero-order valence-corrected chi connectivity index (χ0v) is 17.5. The predicted molar refractivity (Wildman–Crippen MR) is 113 cm³/mol. The van der Waals surface area contributed by atoms with Gasteiger partial charge in [0, 0.05) is 23.7 Å². The fraction of sp³-hybridized carbons (Fsp3) is 0.208. The standard InChI is InChI=1S/C24H20F4N4/c1-14-9-17(22-13-31-23(32-22)18-4-3-15(2)29-11-18)6-5-16(14)7-8-21-20(25)10-19(12-30-21)24(26,27)28/h3-6,9-13H,7-8H2,1-2H3,(H,31,32). The first-order valence-electron chi connectivity index (χ1n) is 10.0. The van der Waals surface area contributed by atoms with E-state index in [0.29, 0.717) is 18.7 Å². The SMILES string of the molecule is Cc1ccc(-c2ncc(-c3ccc(CCc4ncc(C(F)(F)F)cc4F)c(C)c3)[nH]2)cn1. The van der Waals surface area contributed by atoms with Gasteiger partial charge in [0.25, 0.3) is 0 Å². The number of aryl methyl sites for hydroxylation is 4. The molecule has 1 aromatic carbocycles. The number of alkyl halides is 3. The quantitative estimate of drug-likeness (QED) is 0.382. The lowest BCUT2D eigenvalue weighted by Crippen LogP contribution is -2.08. The Kier molecular flexibility index (Phi) is 5.78. The second-order valence-electron chi connectivity index (χ2n) is 7.63. The normalized spacial score (nSPS) is 11.7. The molecule has 0 spiro atoms. The molecule has 3 heterocycles. The fourth-order valence-corrected chi connectivity index (χ4v) is 3.42. The zero-order chi connectivity index (χ0) is 22.9. The number of hydrogen-bond acceptors (Lipinski definition) is 3. The molecular formula is C24H20F4N4. The van der Waals surface area contributed by atoms with Crippen LogP contribution in [0.5, 0.6) is 0 Å². The first-order valence-corrected chi connectivity index (χ1v) is 10.0. The Balaban J connectivity index is 1.48. The Morgan fingerprint density at radius 3 is 2.28 bits per heavy atom. The Hall–Kier alpha value is -3.55. The van der Waals surface area contributed by atoms with E-state index in [-0.39, 0.29) is 12.1 Å². The van der Waals surface area contributed by atoms with Crippen LogP contribution in [0.25, 0.3) is 22.6 Å². The van der Waals surface area contributed by atoms with Gasteiger partial charge in [0.15, 0.2) is 0 Å². The average molecular weight is 440 g/mol. The van der Waals surface area contributed by atoms with Gasteiger partial charge in [0.05, 0.1) is 23.1 Å². The minimum Gasteiger partial charge on any atom is -0.338 e. The molecule has 0 unspecified atom stereocenters. The van der Waals surface area contributed by atoms with Gasteiger partial charge in [-0.25, -0.2) is 9.37 Å². The molecule has 164 valence electrons. The Morgan fingerprint density at radius 2 is 1.62 bits per heavy atom. The number of pyridine rings is 2. The van der Waals surface area contributed by atoms with E-state index in [1.54, 1.807) is 12.4 Å². The first kappa shape index (κ1) is 21.7. The van der Waals surface area contributed by atoms with E-state index in [1.807, 2.05) is 44.2 Å². The van der Waals surface area contributed by atoms with Crippen LogP contribution in [0.1, 0.15) is 28.1 Å². The fourth-order valence-electron chi connectivity index (χ4n) is 3.42. The van der Waals surface area contributed by atoms with Gasteiger partial charge in [-0.2, -0.15) is 13.2 Å². The van der Waals surface area contributed by atoms with Gasteiger partial charge in [-0.05, 0) is 67.6 Å². The van der Waals surface area contributed by atoms with Crippen molar-refractivity contribution in [2.75, 3.05) is 0 Å². The molecule has 0 radical (unpaired) electrons. The predicted octanol–water partition coefficient (Wildman–Crippen LogP) is 6.09. The highest BCUT2D eigenvalue weighted by atomic mass is 19.4. The highest BCUT2D eigenvalue weighted by Gasteiger charge is 2.31. The third-order valence-corrected chi connectivity index (χ3v) is 5.29. The number of rotatable bonds is 5. The molecule has 32 heavy (non-hydrogen) atoms. The van der Waals surface area contributed by atoms with Crippen molar-refractivity contribution in [2.45, 2.75) is 32.9 Å². The Labute approximate surface area is 182 Å². The Morgan fingerprint density at radius 1 is 0.844 bits per heavy atom. The van der Waals surface area contributed by atoms with Crippen LogP contribution in [0, 0.1) is 19.7 Å². The summed E-state index contributed by atoms with van der Waals surface area (Å²) in [5.41, 5.74) is 4.51. The number of hydrogen-bond donors (Lipinski definition) is 1. The van der Waals surface area contributed by atoms with Crippen molar-refractivity contribution in [1.82, 2.24) is 19.9 Å². The van der Waals surface area contributed by atoms with Gasteiger partial charge in [-0.3, -0.25) is 9.97 Å². The van der Waals surface area contributed by atoms with Crippen LogP contribution in [0.3, 0.4) is 0 Å². The van der Waals surface area contributed by atoms with Gasteiger partial charge in [0.2, 0.25) is 0 Å². The summed E-state index contributed by atoms with van der Waals surface area (Å²) in [5.74, 6) is -0.220. The van der Waals surface area contributed by atoms with Crippen LogP contribution in [0.4, 0.5) is 17.6 Å². The van der Waals surface area contributed by atoms with E-state index >= 15 is 0 Å². The van der Waals surface area contributed by atoms with E-state index < -0.39 is 17.6 Å². The molecule has 8 heteroatoms. The summed E-state index contributed by atoms with van der Waals surface area (Å²) in [7, 11) is 0. The van der Waals surface area contributed by atoms with E-state index in [1.165, 1.54) is 0 Å². The maximum atomic E-state index is 14.1. The highest BCUT2D eigenvalue weighted by molar-refractivity contribution is 5.65. The number of imidazole rings is 1. The van der Waals surface area contributed by atoms with Crippen LogP contribution < -0.4 is 0 Å². The van der Waals surface area contributed by atoms with Gasteiger partial charge < -0.3 is 4.98 Å². The minimum atomic E-state index is -4.61. The lowest BCUT2D eigenvalue weighted by molar-refractivity contribution is -0.138.